The lowest BCUT2D eigenvalue weighted by Crippen LogP contribution is -2.07. The number of nitrogens with one attached hydrogen (secondary N) is 1. The van der Waals surface area contributed by atoms with E-state index in [1.54, 1.807) is 24.4 Å². The van der Waals surface area contributed by atoms with E-state index in [1.807, 2.05) is 54.6 Å². The fourth-order valence-corrected chi connectivity index (χ4v) is 2.34. The first-order valence-electron chi connectivity index (χ1n) is 8.13. The molecule has 1 aromatic heterocycles. The predicted molar refractivity (Wildman–Crippen MR) is 104 cm³/mol. The minimum absolute atomic E-state index is 0.278. The molecular formula is C22H17FN2O. The summed E-state index contributed by atoms with van der Waals surface area (Å²) in [5.41, 5.74) is 3.12. The summed E-state index contributed by atoms with van der Waals surface area (Å²) in [7, 11) is 0. The van der Waals surface area contributed by atoms with Crippen molar-refractivity contribution < 1.29 is 9.18 Å². The van der Waals surface area contributed by atoms with Crippen LogP contribution >= 0.6 is 0 Å². The van der Waals surface area contributed by atoms with Crippen LogP contribution in [0.2, 0.25) is 0 Å². The maximum Gasteiger partial charge on any atom is 0.248 e. The number of benzene rings is 2. The van der Waals surface area contributed by atoms with Crippen LogP contribution in [0, 0.1) is 5.82 Å². The Hall–Kier alpha value is -3.53. The molecule has 1 N–H and O–H groups in total. The number of hydrogen-bond acceptors (Lipinski definition) is 2. The molecule has 1 amide bonds. The number of halogens is 1. The summed E-state index contributed by atoms with van der Waals surface area (Å²) in [4.78, 5) is 16.3. The highest BCUT2D eigenvalue weighted by atomic mass is 19.1. The van der Waals surface area contributed by atoms with Crippen molar-refractivity contribution in [1.82, 2.24) is 4.98 Å². The summed E-state index contributed by atoms with van der Waals surface area (Å²) in [5.74, 6) is -0.611. The van der Waals surface area contributed by atoms with Gasteiger partial charge in [-0.2, -0.15) is 0 Å². The zero-order valence-corrected chi connectivity index (χ0v) is 14.0. The predicted octanol–water partition coefficient (Wildman–Crippen LogP) is 5.04. The highest BCUT2D eigenvalue weighted by molar-refractivity contribution is 6.02. The van der Waals surface area contributed by atoms with Crippen molar-refractivity contribution in [2.24, 2.45) is 0 Å². The molecule has 3 rings (SSSR count). The van der Waals surface area contributed by atoms with Gasteiger partial charge in [0.05, 0.1) is 5.69 Å². The van der Waals surface area contributed by atoms with Crippen LogP contribution in [0.1, 0.15) is 16.8 Å². The van der Waals surface area contributed by atoms with Gasteiger partial charge in [-0.3, -0.25) is 9.78 Å². The van der Waals surface area contributed by atoms with Crippen molar-refractivity contribution in [3.63, 3.8) is 0 Å². The number of rotatable bonds is 5. The summed E-state index contributed by atoms with van der Waals surface area (Å²) in [6.07, 6.45) is 8.53. The number of aromatic nitrogens is 1. The number of anilines is 1. The van der Waals surface area contributed by atoms with Gasteiger partial charge in [-0.05, 0) is 59.7 Å². The molecule has 0 aliphatic heterocycles. The molecule has 1 heterocycles. The van der Waals surface area contributed by atoms with Gasteiger partial charge >= 0.3 is 0 Å². The monoisotopic (exact) mass is 344 g/mol. The van der Waals surface area contributed by atoms with Crippen LogP contribution in [0.4, 0.5) is 10.1 Å². The number of carbonyl (C=O) groups excluding carboxylic acids is 1. The van der Waals surface area contributed by atoms with Gasteiger partial charge in [0.1, 0.15) is 5.82 Å². The average molecular weight is 344 g/mol. The maximum atomic E-state index is 13.1. The first-order valence-corrected chi connectivity index (χ1v) is 8.13. The lowest BCUT2D eigenvalue weighted by molar-refractivity contribution is -0.111. The number of amides is 1. The van der Waals surface area contributed by atoms with Crippen LogP contribution in [0.15, 0.2) is 79.0 Å². The SMILES string of the molecule is O=C(C=Cc1cccc(F)c1)Nc1cccc(C=Cc2ccccn2)c1. The second-order valence-electron chi connectivity index (χ2n) is 5.59. The third kappa shape index (κ3) is 5.24. The molecule has 0 unspecified atom stereocenters. The molecule has 4 heteroatoms. The number of pyridine rings is 1. The van der Waals surface area contributed by atoms with E-state index < -0.39 is 0 Å². The van der Waals surface area contributed by atoms with Gasteiger partial charge < -0.3 is 5.32 Å². The highest BCUT2D eigenvalue weighted by Crippen LogP contribution is 2.14. The summed E-state index contributed by atoms with van der Waals surface area (Å²) < 4.78 is 13.1. The van der Waals surface area contributed by atoms with E-state index in [-0.39, 0.29) is 11.7 Å². The molecular weight excluding hydrogens is 327 g/mol. The molecule has 0 aliphatic carbocycles. The van der Waals surface area contributed by atoms with Crippen molar-refractivity contribution in [3.05, 3.63) is 102 Å². The van der Waals surface area contributed by atoms with E-state index in [0.29, 0.717) is 11.3 Å². The van der Waals surface area contributed by atoms with E-state index in [0.717, 1.165) is 11.3 Å². The van der Waals surface area contributed by atoms with E-state index in [1.165, 1.54) is 18.2 Å². The zero-order chi connectivity index (χ0) is 18.2. The van der Waals surface area contributed by atoms with Crippen molar-refractivity contribution in [3.8, 4) is 0 Å². The van der Waals surface area contributed by atoms with E-state index in [2.05, 4.69) is 10.3 Å². The Labute approximate surface area is 151 Å². The molecule has 0 atom stereocenters. The molecule has 0 saturated heterocycles. The summed E-state index contributed by atoms with van der Waals surface area (Å²) in [6.45, 7) is 0. The summed E-state index contributed by atoms with van der Waals surface area (Å²) in [5, 5.41) is 2.80. The topological polar surface area (TPSA) is 42.0 Å². The van der Waals surface area contributed by atoms with Crippen molar-refractivity contribution in [2.45, 2.75) is 0 Å². The van der Waals surface area contributed by atoms with Gasteiger partial charge in [-0.1, -0.05) is 36.4 Å². The molecule has 26 heavy (non-hydrogen) atoms. The van der Waals surface area contributed by atoms with Crippen molar-refractivity contribution in [1.29, 1.82) is 0 Å². The van der Waals surface area contributed by atoms with Gasteiger partial charge in [0.25, 0.3) is 0 Å². The van der Waals surface area contributed by atoms with Crippen LogP contribution in [0.5, 0.6) is 0 Å². The quantitative estimate of drug-likeness (QED) is 0.659. The molecule has 0 aliphatic rings. The first kappa shape index (κ1) is 17.3. The van der Waals surface area contributed by atoms with Gasteiger partial charge in [-0.25, -0.2) is 4.39 Å². The standard InChI is InChI=1S/C22H17FN2O/c23-19-7-3-5-17(15-19)11-13-22(26)25-21-9-4-6-18(16-21)10-12-20-8-1-2-14-24-20/h1-16H,(H,25,26). The molecule has 0 fully saturated rings. The summed E-state index contributed by atoms with van der Waals surface area (Å²) in [6, 6.07) is 19.3. The van der Waals surface area contributed by atoms with E-state index in [9.17, 15) is 9.18 Å². The number of hydrogen-bond donors (Lipinski definition) is 1. The van der Waals surface area contributed by atoms with Crippen LogP contribution < -0.4 is 5.32 Å². The number of nitrogens with zero attached hydrogens (tertiary/aromatic N) is 1. The largest absolute Gasteiger partial charge is 0.322 e. The molecule has 0 spiro atoms. The van der Waals surface area contributed by atoms with Crippen LogP contribution in [-0.2, 0) is 4.79 Å². The molecule has 0 radical (unpaired) electrons. The Morgan fingerprint density at radius 3 is 2.46 bits per heavy atom. The Balaban J connectivity index is 1.64. The minimum Gasteiger partial charge on any atom is -0.322 e. The van der Waals surface area contributed by atoms with Gasteiger partial charge in [0, 0.05) is 18.0 Å². The first-order chi connectivity index (χ1) is 12.7. The zero-order valence-electron chi connectivity index (χ0n) is 14.0. The Kier molecular flexibility index (Phi) is 5.68. The maximum absolute atomic E-state index is 13.1. The van der Waals surface area contributed by atoms with E-state index in [4.69, 9.17) is 0 Å². The fourth-order valence-electron chi connectivity index (χ4n) is 2.34. The highest BCUT2D eigenvalue weighted by Gasteiger charge is 1.99. The fraction of sp³-hybridized carbons (Fsp3) is 0. The minimum atomic E-state index is -0.333. The Morgan fingerprint density at radius 1 is 0.885 bits per heavy atom. The van der Waals surface area contributed by atoms with Crippen LogP contribution in [0.25, 0.3) is 18.2 Å². The molecule has 2 aromatic carbocycles. The van der Waals surface area contributed by atoms with Crippen LogP contribution in [0.3, 0.4) is 0 Å². The van der Waals surface area contributed by atoms with Gasteiger partial charge in [-0.15, -0.1) is 0 Å². The lowest BCUT2D eigenvalue weighted by atomic mass is 10.1. The Morgan fingerprint density at radius 2 is 1.69 bits per heavy atom. The molecule has 128 valence electrons. The normalized spacial score (nSPS) is 11.1. The van der Waals surface area contributed by atoms with Gasteiger partial charge in [0.2, 0.25) is 5.91 Å². The molecule has 0 saturated carbocycles. The van der Waals surface area contributed by atoms with Crippen molar-refractivity contribution in [2.75, 3.05) is 5.32 Å². The Bertz CT molecular complexity index is 949. The smallest absolute Gasteiger partial charge is 0.248 e. The lowest BCUT2D eigenvalue weighted by Gasteiger charge is -2.03. The third-order valence-corrected chi connectivity index (χ3v) is 3.56. The number of carbonyl (C=O) groups is 1. The molecule has 0 bridgehead atoms. The van der Waals surface area contributed by atoms with Crippen molar-refractivity contribution >= 4 is 29.8 Å². The van der Waals surface area contributed by atoms with Gasteiger partial charge in [0.15, 0.2) is 0 Å². The summed E-state index contributed by atoms with van der Waals surface area (Å²) >= 11 is 0. The molecule has 3 aromatic rings. The second-order valence-corrected chi connectivity index (χ2v) is 5.59. The molecule has 3 nitrogen and oxygen atoms in total. The third-order valence-electron chi connectivity index (χ3n) is 3.56. The average Bonchev–Trinajstić information content (AvgIpc) is 2.66. The second kappa shape index (κ2) is 8.53. The van der Waals surface area contributed by atoms with Crippen LogP contribution in [-0.4, -0.2) is 10.9 Å². The van der Waals surface area contributed by atoms with E-state index >= 15 is 0 Å².